The molecule has 0 aliphatic heterocycles. The van der Waals surface area contributed by atoms with Gasteiger partial charge in [-0.1, -0.05) is 20.8 Å². The molecule has 3 rings (SSSR count). The monoisotopic (exact) mass is 354 g/mol. The predicted molar refractivity (Wildman–Crippen MR) is 99.2 cm³/mol. The van der Waals surface area contributed by atoms with Gasteiger partial charge in [-0.3, -0.25) is 9.59 Å². The summed E-state index contributed by atoms with van der Waals surface area (Å²) in [6.45, 7) is 5.55. The van der Waals surface area contributed by atoms with E-state index in [4.69, 9.17) is 4.42 Å². The Labute approximate surface area is 151 Å². The van der Waals surface area contributed by atoms with E-state index in [-0.39, 0.29) is 39.6 Å². The zero-order valence-electron chi connectivity index (χ0n) is 15.1. The Morgan fingerprint density at radius 2 is 1.62 bits per heavy atom. The summed E-state index contributed by atoms with van der Waals surface area (Å²) in [5.41, 5.74) is -0.352. The molecule has 0 saturated heterocycles. The van der Waals surface area contributed by atoms with Gasteiger partial charge in [0.05, 0.1) is 5.41 Å². The number of aromatic hydroxyl groups is 1. The number of rotatable bonds is 4. The van der Waals surface area contributed by atoms with Gasteiger partial charge in [0.15, 0.2) is 11.2 Å². The van der Waals surface area contributed by atoms with Gasteiger partial charge in [-0.05, 0) is 43.5 Å². The highest BCUT2D eigenvalue weighted by Gasteiger charge is 2.48. The molecule has 1 aromatic carbocycles. The van der Waals surface area contributed by atoms with Crippen LogP contribution in [0.3, 0.4) is 0 Å². The van der Waals surface area contributed by atoms with Crippen molar-refractivity contribution in [3.05, 3.63) is 57.5 Å². The number of Topliss-reactive ketones (excluding diaryl/α,β-unsaturated/α-hetero) is 1. The third kappa shape index (κ3) is 2.46. The van der Waals surface area contributed by atoms with Crippen LogP contribution in [0.1, 0.15) is 51.4 Å². The molecule has 1 heterocycles. The van der Waals surface area contributed by atoms with Crippen molar-refractivity contribution in [1.29, 1.82) is 0 Å². The van der Waals surface area contributed by atoms with Gasteiger partial charge in [-0.2, -0.15) is 0 Å². The predicted octanol–water partition coefficient (Wildman–Crippen LogP) is 4.33. The van der Waals surface area contributed by atoms with Crippen LogP contribution in [-0.4, -0.2) is 16.0 Å². The molecule has 5 heteroatoms. The van der Waals surface area contributed by atoms with Crippen LogP contribution in [0.5, 0.6) is 5.75 Å². The first-order valence-corrected chi connectivity index (χ1v) is 8.84. The summed E-state index contributed by atoms with van der Waals surface area (Å²) in [5.74, 6) is 0.198. The van der Waals surface area contributed by atoms with E-state index in [0.717, 1.165) is 0 Å². The number of phenolic OH excluding ortho intramolecular Hbond substituents is 1. The van der Waals surface area contributed by atoms with Crippen molar-refractivity contribution in [1.82, 2.24) is 0 Å². The van der Waals surface area contributed by atoms with Crippen molar-refractivity contribution in [2.75, 3.05) is 0 Å². The molecule has 1 aromatic heterocycles. The van der Waals surface area contributed by atoms with Gasteiger partial charge in [0.25, 0.3) is 0 Å². The van der Waals surface area contributed by atoms with Crippen molar-refractivity contribution < 1.29 is 19.4 Å². The maximum absolute atomic E-state index is 13.1. The maximum atomic E-state index is 13.1. The zero-order chi connectivity index (χ0) is 19.1. The second-order valence-corrected chi connectivity index (χ2v) is 6.52. The fourth-order valence-electron chi connectivity index (χ4n) is 3.69. The van der Waals surface area contributed by atoms with Crippen molar-refractivity contribution in [2.24, 2.45) is 0 Å². The average Bonchev–Trinajstić information content (AvgIpc) is 2.63. The standard InChI is InChI=1S/C21H22O5/c1-4-14-18(24)17-15(23)11-16(12-7-9-13(22)10-8-12)26-20(17)21(5-2,6-3)19(14)25/h7-11,22,24H,4-6H2,1-3H3. The molecule has 26 heavy (non-hydrogen) atoms. The van der Waals surface area contributed by atoms with Gasteiger partial charge in [-0.25, -0.2) is 0 Å². The normalized spacial score (nSPS) is 15.9. The summed E-state index contributed by atoms with van der Waals surface area (Å²) in [7, 11) is 0. The van der Waals surface area contributed by atoms with Crippen molar-refractivity contribution in [3.63, 3.8) is 0 Å². The molecule has 2 N–H and O–H groups in total. The summed E-state index contributed by atoms with van der Waals surface area (Å²) in [4.78, 5) is 25.9. The van der Waals surface area contributed by atoms with E-state index in [1.807, 2.05) is 13.8 Å². The highest BCUT2D eigenvalue weighted by molar-refractivity contribution is 6.10. The molecule has 0 radical (unpaired) electrons. The summed E-state index contributed by atoms with van der Waals surface area (Å²) >= 11 is 0. The Kier molecular flexibility index (Phi) is 4.48. The van der Waals surface area contributed by atoms with Gasteiger partial charge in [0.1, 0.15) is 28.6 Å². The minimum absolute atomic E-state index is 0.0904. The summed E-state index contributed by atoms with van der Waals surface area (Å²) in [5, 5.41) is 20.0. The van der Waals surface area contributed by atoms with E-state index in [2.05, 4.69) is 0 Å². The second-order valence-electron chi connectivity index (χ2n) is 6.52. The highest BCUT2D eigenvalue weighted by Crippen LogP contribution is 2.44. The molecule has 1 aliphatic carbocycles. The summed E-state index contributed by atoms with van der Waals surface area (Å²) < 4.78 is 6.04. The van der Waals surface area contributed by atoms with Crippen LogP contribution in [0.15, 0.2) is 45.1 Å². The number of carbonyl (C=O) groups is 1. The summed E-state index contributed by atoms with van der Waals surface area (Å²) in [6, 6.07) is 7.59. The second kappa shape index (κ2) is 6.48. The van der Waals surface area contributed by atoms with Gasteiger partial charge < -0.3 is 14.6 Å². The molecule has 0 amide bonds. The number of allylic oxidation sites excluding steroid dienone is 1. The van der Waals surface area contributed by atoms with Crippen LogP contribution in [0, 0.1) is 0 Å². The molecule has 0 bridgehead atoms. The maximum Gasteiger partial charge on any atom is 0.196 e. The van der Waals surface area contributed by atoms with Crippen LogP contribution in [0.4, 0.5) is 0 Å². The molecule has 1 aliphatic rings. The topological polar surface area (TPSA) is 87.7 Å². The lowest BCUT2D eigenvalue weighted by atomic mass is 9.68. The molecular formula is C21H22O5. The molecular weight excluding hydrogens is 332 g/mol. The van der Waals surface area contributed by atoms with Crippen molar-refractivity contribution in [2.45, 2.75) is 45.4 Å². The number of benzene rings is 1. The first kappa shape index (κ1) is 18.0. The van der Waals surface area contributed by atoms with Gasteiger partial charge in [-0.15, -0.1) is 0 Å². The van der Waals surface area contributed by atoms with Gasteiger partial charge in [0, 0.05) is 17.2 Å². The van der Waals surface area contributed by atoms with Crippen LogP contribution in [0.2, 0.25) is 0 Å². The minimum Gasteiger partial charge on any atom is -0.508 e. The third-order valence-corrected chi connectivity index (χ3v) is 5.33. The smallest absolute Gasteiger partial charge is 0.196 e. The van der Waals surface area contributed by atoms with Crippen LogP contribution in [0.25, 0.3) is 17.1 Å². The molecule has 136 valence electrons. The first-order valence-electron chi connectivity index (χ1n) is 8.84. The third-order valence-electron chi connectivity index (χ3n) is 5.33. The zero-order valence-corrected chi connectivity index (χ0v) is 15.1. The Morgan fingerprint density at radius 1 is 1.00 bits per heavy atom. The van der Waals surface area contributed by atoms with Crippen molar-refractivity contribution >= 4 is 11.5 Å². The largest absolute Gasteiger partial charge is 0.508 e. The lowest BCUT2D eigenvalue weighted by Gasteiger charge is -2.35. The molecule has 0 unspecified atom stereocenters. The van der Waals surface area contributed by atoms with E-state index in [1.54, 1.807) is 19.1 Å². The fourth-order valence-corrected chi connectivity index (χ4v) is 3.69. The molecule has 0 atom stereocenters. The van der Waals surface area contributed by atoms with Gasteiger partial charge >= 0.3 is 0 Å². The Hall–Kier alpha value is -2.82. The quantitative estimate of drug-likeness (QED) is 0.853. The van der Waals surface area contributed by atoms with Crippen molar-refractivity contribution in [3.8, 4) is 17.1 Å². The van der Waals surface area contributed by atoms with Crippen LogP contribution in [-0.2, 0) is 10.2 Å². The molecule has 5 nitrogen and oxygen atoms in total. The SMILES string of the molecule is CCC1=C(O)c2c(oc(-c3ccc(O)cc3)cc2=O)C(CC)(CC)C1=O. The first-order chi connectivity index (χ1) is 12.4. The number of hydrogen-bond acceptors (Lipinski definition) is 5. The van der Waals surface area contributed by atoms with Crippen LogP contribution < -0.4 is 5.43 Å². The van der Waals surface area contributed by atoms with E-state index >= 15 is 0 Å². The van der Waals surface area contributed by atoms with E-state index < -0.39 is 5.41 Å². The number of fused-ring (bicyclic) bond motifs is 1. The number of phenols is 1. The van der Waals surface area contributed by atoms with E-state index in [1.165, 1.54) is 18.2 Å². The molecule has 0 fully saturated rings. The minimum atomic E-state index is -0.959. The molecule has 0 spiro atoms. The van der Waals surface area contributed by atoms with Crippen LogP contribution >= 0.6 is 0 Å². The number of ketones is 1. The average molecular weight is 354 g/mol. The lowest BCUT2D eigenvalue weighted by molar-refractivity contribution is -0.122. The molecule has 2 aromatic rings. The Balaban J connectivity index is 2.35. The van der Waals surface area contributed by atoms with E-state index in [9.17, 15) is 19.8 Å². The Bertz CT molecular complexity index is 943. The van der Waals surface area contributed by atoms with E-state index in [0.29, 0.717) is 30.6 Å². The fraction of sp³-hybridized carbons (Fsp3) is 0.333. The number of aliphatic hydroxyl groups excluding tert-OH is 1. The highest BCUT2D eigenvalue weighted by atomic mass is 16.3. The molecule has 0 saturated carbocycles. The number of hydrogen-bond donors (Lipinski definition) is 2. The van der Waals surface area contributed by atoms with Gasteiger partial charge in [0.2, 0.25) is 0 Å². The number of carbonyl (C=O) groups excluding carboxylic acids is 1. The lowest BCUT2D eigenvalue weighted by Crippen LogP contribution is -2.41. The summed E-state index contributed by atoms with van der Waals surface area (Å²) in [6.07, 6.45) is 1.28. The Morgan fingerprint density at radius 3 is 2.15 bits per heavy atom. The number of aliphatic hydroxyl groups is 1.